The highest BCUT2D eigenvalue weighted by molar-refractivity contribution is 5.86. The molecule has 0 saturated heterocycles. The number of aryl methyl sites for hydroxylation is 1. The molecule has 5 rings (SSSR count). The number of hydrogen-bond donors (Lipinski definition) is 0. The van der Waals surface area contributed by atoms with Crippen LogP contribution in [-0.2, 0) is 0 Å². The summed E-state index contributed by atoms with van der Waals surface area (Å²) >= 11 is 0. The second kappa shape index (κ2) is 6.82. The van der Waals surface area contributed by atoms with Crippen molar-refractivity contribution in [2.24, 2.45) is 0 Å². The molecular weight excluding hydrogens is 356 g/mol. The van der Waals surface area contributed by atoms with Gasteiger partial charge in [0.2, 0.25) is 0 Å². The molecule has 0 spiro atoms. The van der Waals surface area contributed by atoms with E-state index in [-0.39, 0.29) is 0 Å². The fraction of sp³-hybridized carbons (Fsp3) is 0.160. The van der Waals surface area contributed by atoms with Crippen LogP contribution in [0, 0.1) is 6.92 Å². The normalized spacial score (nSPS) is 11.6. The molecule has 0 aliphatic rings. The van der Waals surface area contributed by atoms with Crippen LogP contribution in [0.3, 0.4) is 0 Å². The van der Waals surface area contributed by atoms with Crippen LogP contribution in [0.4, 0.5) is 0 Å². The van der Waals surface area contributed by atoms with Gasteiger partial charge in [-0.15, -0.1) is 0 Å². The Morgan fingerprint density at radius 2 is 1.38 bits per heavy atom. The molecule has 0 fully saturated rings. The number of imidazole rings is 1. The summed E-state index contributed by atoms with van der Waals surface area (Å²) in [4.78, 5) is 14.6. The lowest BCUT2D eigenvalue weighted by Crippen LogP contribution is -2.00. The minimum absolute atomic E-state index is 0.490. The first-order chi connectivity index (χ1) is 14.1. The van der Waals surface area contributed by atoms with Gasteiger partial charge in [0.15, 0.2) is 11.3 Å². The molecule has 0 radical (unpaired) electrons. The third-order valence-corrected chi connectivity index (χ3v) is 5.30. The zero-order chi connectivity index (χ0) is 20.0. The molecule has 0 aliphatic carbocycles. The molecule has 29 heavy (non-hydrogen) atoms. The van der Waals surface area contributed by atoms with Crippen molar-refractivity contribution in [1.29, 1.82) is 0 Å². The quantitative estimate of drug-likeness (QED) is 0.383. The Morgan fingerprint density at radius 1 is 0.724 bits per heavy atom. The van der Waals surface area contributed by atoms with Crippen molar-refractivity contribution >= 4 is 22.3 Å². The molecule has 0 aliphatic heterocycles. The highest BCUT2D eigenvalue weighted by Gasteiger charge is 2.17. The standard InChI is InChI=1S/C25H22N4/c1-16(2)18-12-14-20(15-13-18)29-24(19-10-8-17(3)9-11-19)28-23-25(29)27-22-7-5-4-6-21(22)26-23/h4-16H,1-3H3. The molecule has 2 aromatic heterocycles. The largest absolute Gasteiger partial charge is 0.275 e. The molecular formula is C25H22N4. The molecule has 3 aromatic carbocycles. The van der Waals surface area contributed by atoms with Crippen LogP contribution in [0.1, 0.15) is 30.9 Å². The Labute approximate surface area is 169 Å². The number of nitrogens with zero attached hydrogens (tertiary/aromatic N) is 4. The molecule has 2 heterocycles. The van der Waals surface area contributed by atoms with Crippen LogP contribution < -0.4 is 0 Å². The predicted molar refractivity (Wildman–Crippen MR) is 118 cm³/mol. The molecule has 0 saturated carbocycles. The van der Waals surface area contributed by atoms with Crippen molar-refractivity contribution in [2.75, 3.05) is 0 Å². The first-order valence-electron chi connectivity index (χ1n) is 9.93. The first-order valence-corrected chi connectivity index (χ1v) is 9.93. The zero-order valence-corrected chi connectivity index (χ0v) is 16.8. The third-order valence-electron chi connectivity index (χ3n) is 5.30. The van der Waals surface area contributed by atoms with E-state index in [2.05, 4.69) is 73.9 Å². The molecule has 4 heteroatoms. The van der Waals surface area contributed by atoms with Gasteiger partial charge in [-0.25, -0.2) is 15.0 Å². The summed E-state index contributed by atoms with van der Waals surface area (Å²) in [5.74, 6) is 1.34. The van der Waals surface area contributed by atoms with Crippen LogP contribution in [0.25, 0.3) is 39.4 Å². The summed E-state index contributed by atoms with van der Waals surface area (Å²) < 4.78 is 2.11. The van der Waals surface area contributed by atoms with Crippen LogP contribution >= 0.6 is 0 Å². The topological polar surface area (TPSA) is 43.6 Å². The van der Waals surface area contributed by atoms with Gasteiger partial charge in [-0.3, -0.25) is 4.57 Å². The maximum absolute atomic E-state index is 4.91. The van der Waals surface area contributed by atoms with Gasteiger partial charge in [-0.2, -0.15) is 0 Å². The van der Waals surface area contributed by atoms with E-state index in [1.54, 1.807) is 0 Å². The van der Waals surface area contributed by atoms with Crippen molar-refractivity contribution in [2.45, 2.75) is 26.7 Å². The number of hydrogen-bond acceptors (Lipinski definition) is 3. The molecule has 5 aromatic rings. The molecule has 0 atom stereocenters. The SMILES string of the molecule is Cc1ccc(-c2nc3nc4ccccc4nc3n2-c2ccc(C(C)C)cc2)cc1. The summed E-state index contributed by atoms with van der Waals surface area (Å²) in [5, 5.41) is 0. The van der Waals surface area contributed by atoms with Crippen molar-refractivity contribution in [3.05, 3.63) is 83.9 Å². The van der Waals surface area contributed by atoms with Gasteiger partial charge < -0.3 is 0 Å². The maximum atomic E-state index is 4.91. The number of fused-ring (bicyclic) bond motifs is 2. The van der Waals surface area contributed by atoms with Crippen LogP contribution in [0.5, 0.6) is 0 Å². The van der Waals surface area contributed by atoms with E-state index < -0.39 is 0 Å². The smallest absolute Gasteiger partial charge is 0.199 e. The van der Waals surface area contributed by atoms with Crippen molar-refractivity contribution in [3.8, 4) is 17.1 Å². The fourth-order valence-corrected chi connectivity index (χ4v) is 3.61. The summed E-state index contributed by atoms with van der Waals surface area (Å²) in [6.07, 6.45) is 0. The fourth-order valence-electron chi connectivity index (χ4n) is 3.61. The van der Waals surface area contributed by atoms with Gasteiger partial charge in [0.05, 0.1) is 11.0 Å². The van der Waals surface area contributed by atoms with Gasteiger partial charge in [0.1, 0.15) is 5.82 Å². The average Bonchev–Trinajstić information content (AvgIpc) is 3.10. The first kappa shape index (κ1) is 17.6. The summed E-state index contributed by atoms with van der Waals surface area (Å²) in [5.41, 5.74) is 7.78. The van der Waals surface area contributed by atoms with Crippen molar-refractivity contribution in [1.82, 2.24) is 19.5 Å². The van der Waals surface area contributed by atoms with Gasteiger partial charge in [-0.1, -0.05) is 67.9 Å². The third kappa shape index (κ3) is 3.07. The van der Waals surface area contributed by atoms with Crippen molar-refractivity contribution in [3.63, 3.8) is 0 Å². The van der Waals surface area contributed by atoms with E-state index in [1.165, 1.54) is 11.1 Å². The predicted octanol–water partition coefficient (Wildman–Crippen LogP) is 6.07. The van der Waals surface area contributed by atoms with Crippen LogP contribution in [-0.4, -0.2) is 19.5 Å². The van der Waals surface area contributed by atoms with E-state index in [4.69, 9.17) is 15.0 Å². The van der Waals surface area contributed by atoms with Gasteiger partial charge in [0.25, 0.3) is 0 Å². The lowest BCUT2D eigenvalue weighted by molar-refractivity contribution is 0.865. The van der Waals surface area contributed by atoms with Crippen molar-refractivity contribution < 1.29 is 0 Å². The molecule has 0 N–H and O–H groups in total. The van der Waals surface area contributed by atoms with Crippen LogP contribution in [0.15, 0.2) is 72.8 Å². The Bertz CT molecular complexity index is 1310. The van der Waals surface area contributed by atoms with Gasteiger partial charge >= 0.3 is 0 Å². The van der Waals surface area contributed by atoms with E-state index in [9.17, 15) is 0 Å². The molecule has 0 unspecified atom stereocenters. The summed E-state index contributed by atoms with van der Waals surface area (Å²) in [6.45, 7) is 6.50. The highest BCUT2D eigenvalue weighted by Crippen LogP contribution is 2.29. The van der Waals surface area contributed by atoms with Crippen LogP contribution in [0.2, 0.25) is 0 Å². The molecule has 4 nitrogen and oxygen atoms in total. The zero-order valence-electron chi connectivity index (χ0n) is 16.8. The maximum Gasteiger partial charge on any atom is 0.199 e. The number of para-hydroxylation sites is 2. The number of benzene rings is 3. The summed E-state index contributed by atoms with van der Waals surface area (Å²) in [7, 11) is 0. The average molecular weight is 378 g/mol. The minimum Gasteiger partial charge on any atom is -0.275 e. The number of rotatable bonds is 3. The minimum atomic E-state index is 0.490. The second-order valence-electron chi connectivity index (χ2n) is 7.74. The Balaban J connectivity index is 1.81. The van der Waals surface area contributed by atoms with E-state index in [0.29, 0.717) is 11.6 Å². The van der Waals surface area contributed by atoms with E-state index in [1.807, 2.05) is 24.3 Å². The van der Waals surface area contributed by atoms with Gasteiger partial charge in [-0.05, 0) is 42.7 Å². The molecule has 0 bridgehead atoms. The molecule has 142 valence electrons. The Kier molecular flexibility index (Phi) is 4.13. The lowest BCUT2D eigenvalue weighted by Gasteiger charge is -2.11. The number of aromatic nitrogens is 4. The Hall–Kier alpha value is -3.53. The highest BCUT2D eigenvalue weighted by atomic mass is 15.2. The monoisotopic (exact) mass is 378 g/mol. The second-order valence-corrected chi connectivity index (χ2v) is 7.74. The van der Waals surface area contributed by atoms with E-state index >= 15 is 0 Å². The lowest BCUT2D eigenvalue weighted by atomic mass is 10.0. The Morgan fingerprint density at radius 3 is 2.03 bits per heavy atom. The summed E-state index contributed by atoms with van der Waals surface area (Å²) in [6, 6.07) is 25.0. The molecule has 0 amide bonds. The van der Waals surface area contributed by atoms with E-state index in [0.717, 1.165) is 33.8 Å². The van der Waals surface area contributed by atoms with Gasteiger partial charge in [0, 0.05) is 11.3 Å².